The monoisotopic (exact) mass is 308 g/mol. The van der Waals surface area contributed by atoms with Crippen LogP contribution in [0.15, 0.2) is 42.5 Å². The number of para-hydroxylation sites is 1. The Kier molecular flexibility index (Phi) is 4.88. The number of carbonyl (C=O) groups is 1. The van der Waals surface area contributed by atoms with E-state index in [1.807, 2.05) is 36.4 Å². The SMILES string of the molecule is NC(=O)Cc1ccccc1NCc1ccc(Cl)c(Cl)c1. The predicted octanol–water partition coefficient (Wildman–Crippen LogP) is 3.63. The van der Waals surface area contributed by atoms with Gasteiger partial charge in [0.2, 0.25) is 5.91 Å². The largest absolute Gasteiger partial charge is 0.381 e. The van der Waals surface area contributed by atoms with E-state index in [1.165, 1.54) is 0 Å². The summed E-state index contributed by atoms with van der Waals surface area (Å²) in [5, 5.41) is 4.33. The van der Waals surface area contributed by atoms with Gasteiger partial charge in [-0.1, -0.05) is 47.5 Å². The fraction of sp³-hybridized carbons (Fsp3) is 0.133. The van der Waals surface area contributed by atoms with E-state index in [1.54, 1.807) is 6.07 Å². The van der Waals surface area contributed by atoms with Crippen LogP contribution in [0, 0.1) is 0 Å². The summed E-state index contributed by atoms with van der Waals surface area (Å²) in [5.41, 5.74) is 8.01. The maximum Gasteiger partial charge on any atom is 0.221 e. The third-order valence-corrected chi connectivity index (χ3v) is 3.59. The van der Waals surface area contributed by atoms with Gasteiger partial charge in [0, 0.05) is 12.2 Å². The molecule has 20 heavy (non-hydrogen) atoms. The lowest BCUT2D eigenvalue weighted by atomic mass is 10.1. The van der Waals surface area contributed by atoms with Crippen molar-refractivity contribution >= 4 is 34.8 Å². The molecule has 104 valence electrons. The second-order valence-electron chi connectivity index (χ2n) is 4.40. The molecular weight excluding hydrogens is 295 g/mol. The Morgan fingerprint density at radius 2 is 1.85 bits per heavy atom. The summed E-state index contributed by atoms with van der Waals surface area (Å²) < 4.78 is 0. The second kappa shape index (κ2) is 6.64. The number of amides is 1. The van der Waals surface area contributed by atoms with Gasteiger partial charge in [-0.25, -0.2) is 0 Å². The number of nitrogens with two attached hydrogens (primary N) is 1. The van der Waals surface area contributed by atoms with E-state index in [2.05, 4.69) is 5.32 Å². The van der Waals surface area contributed by atoms with Crippen LogP contribution in [-0.2, 0) is 17.8 Å². The molecule has 0 aromatic heterocycles. The molecule has 0 saturated carbocycles. The standard InChI is InChI=1S/C15H14Cl2N2O/c16-12-6-5-10(7-13(12)17)9-19-14-4-2-1-3-11(14)8-15(18)20/h1-7,19H,8-9H2,(H2,18,20). The van der Waals surface area contributed by atoms with E-state index in [9.17, 15) is 4.79 Å². The Bertz CT molecular complexity index is 629. The fourth-order valence-electron chi connectivity index (χ4n) is 1.88. The van der Waals surface area contributed by atoms with Crippen LogP contribution in [0.1, 0.15) is 11.1 Å². The van der Waals surface area contributed by atoms with Gasteiger partial charge in [-0.05, 0) is 29.3 Å². The molecule has 2 rings (SSSR count). The third-order valence-electron chi connectivity index (χ3n) is 2.85. The molecule has 0 spiro atoms. The number of benzene rings is 2. The van der Waals surface area contributed by atoms with E-state index in [0.717, 1.165) is 16.8 Å². The van der Waals surface area contributed by atoms with Crippen LogP contribution in [0.25, 0.3) is 0 Å². The van der Waals surface area contributed by atoms with Crippen molar-refractivity contribution in [3.8, 4) is 0 Å². The summed E-state index contributed by atoms with van der Waals surface area (Å²) in [6, 6.07) is 13.0. The minimum absolute atomic E-state index is 0.213. The zero-order chi connectivity index (χ0) is 14.5. The van der Waals surface area contributed by atoms with Gasteiger partial charge in [-0.3, -0.25) is 4.79 Å². The molecule has 5 heteroatoms. The van der Waals surface area contributed by atoms with Crippen molar-refractivity contribution in [1.82, 2.24) is 0 Å². The number of primary amides is 1. The quantitative estimate of drug-likeness (QED) is 0.886. The highest BCUT2D eigenvalue weighted by Gasteiger charge is 2.05. The molecule has 3 nitrogen and oxygen atoms in total. The molecule has 0 saturated heterocycles. The Morgan fingerprint density at radius 3 is 2.55 bits per heavy atom. The molecule has 0 bridgehead atoms. The van der Waals surface area contributed by atoms with Crippen molar-refractivity contribution in [1.29, 1.82) is 0 Å². The molecule has 0 radical (unpaired) electrons. The summed E-state index contributed by atoms with van der Waals surface area (Å²) in [4.78, 5) is 11.0. The minimum Gasteiger partial charge on any atom is -0.381 e. The van der Waals surface area contributed by atoms with Crippen LogP contribution < -0.4 is 11.1 Å². The van der Waals surface area contributed by atoms with Gasteiger partial charge >= 0.3 is 0 Å². The minimum atomic E-state index is -0.353. The Morgan fingerprint density at radius 1 is 1.10 bits per heavy atom. The van der Waals surface area contributed by atoms with Crippen LogP contribution in [-0.4, -0.2) is 5.91 Å². The Hall–Kier alpha value is -1.71. The zero-order valence-corrected chi connectivity index (χ0v) is 12.2. The van der Waals surface area contributed by atoms with Crippen molar-refractivity contribution < 1.29 is 4.79 Å². The molecule has 3 N–H and O–H groups in total. The number of rotatable bonds is 5. The van der Waals surface area contributed by atoms with Crippen molar-refractivity contribution in [2.45, 2.75) is 13.0 Å². The number of hydrogen-bond donors (Lipinski definition) is 2. The lowest BCUT2D eigenvalue weighted by molar-refractivity contribution is -0.117. The molecule has 0 atom stereocenters. The molecule has 0 fully saturated rings. The van der Waals surface area contributed by atoms with Crippen LogP contribution in [0.5, 0.6) is 0 Å². The lowest BCUT2D eigenvalue weighted by Gasteiger charge is -2.11. The summed E-state index contributed by atoms with van der Waals surface area (Å²) in [7, 11) is 0. The first-order valence-corrected chi connectivity index (χ1v) is 6.86. The summed E-state index contributed by atoms with van der Waals surface area (Å²) in [6.45, 7) is 0.590. The third kappa shape index (κ3) is 3.89. The second-order valence-corrected chi connectivity index (χ2v) is 5.22. The van der Waals surface area contributed by atoms with E-state index in [4.69, 9.17) is 28.9 Å². The smallest absolute Gasteiger partial charge is 0.221 e. The van der Waals surface area contributed by atoms with Crippen LogP contribution >= 0.6 is 23.2 Å². The predicted molar refractivity (Wildman–Crippen MR) is 83.1 cm³/mol. The molecule has 2 aromatic rings. The van der Waals surface area contributed by atoms with Gasteiger partial charge < -0.3 is 11.1 Å². The molecular formula is C15H14Cl2N2O. The summed E-state index contributed by atoms with van der Waals surface area (Å²) in [6.07, 6.45) is 0.213. The highest BCUT2D eigenvalue weighted by molar-refractivity contribution is 6.42. The number of carbonyl (C=O) groups excluding carboxylic acids is 1. The highest BCUT2D eigenvalue weighted by atomic mass is 35.5. The van der Waals surface area contributed by atoms with E-state index in [0.29, 0.717) is 16.6 Å². The van der Waals surface area contributed by atoms with Crippen LogP contribution in [0.4, 0.5) is 5.69 Å². The van der Waals surface area contributed by atoms with Crippen molar-refractivity contribution in [2.75, 3.05) is 5.32 Å². The van der Waals surface area contributed by atoms with Crippen LogP contribution in [0.2, 0.25) is 10.0 Å². The first kappa shape index (κ1) is 14.7. The van der Waals surface area contributed by atoms with Gasteiger partial charge in [0.25, 0.3) is 0 Å². The van der Waals surface area contributed by atoms with Crippen LogP contribution in [0.3, 0.4) is 0 Å². The number of halogens is 2. The number of hydrogen-bond acceptors (Lipinski definition) is 2. The lowest BCUT2D eigenvalue weighted by Crippen LogP contribution is -2.15. The van der Waals surface area contributed by atoms with Gasteiger partial charge in [0.05, 0.1) is 16.5 Å². The topological polar surface area (TPSA) is 55.1 Å². The average Bonchev–Trinajstić information content (AvgIpc) is 2.41. The molecule has 0 aliphatic rings. The highest BCUT2D eigenvalue weighted by Crippen LogP contribution is 2.23. The van der Waals surface area contributed by atoms with Gasteiger partial charge in [-0.15, -0.1) is 0 Å². The maximum absolute atomic E-state index is 11.0. The zero-order valence-electron chi connectivity index (χ0n) is 10.7. The van der Waals surface area contributed by atoms with E-state index < -0.39 is 0 Å². The molecule has 0 heterocycles. The first-order valence-electron chi connectivity index (χ1n) is 6.10. The summed E-state index contributed by atoms with van der Waals surface area (Å²) >= 11 is 11.9. The molecule has 0 aliphatic heterocycles. The van der Waals surface area contributed by atoms with Gasteiger partial charge in [0.15, 0.2) is 0 Å². The van der Waals surface area contributed by atoms with Crippen molar-refractivity contribution in [3.05, 3.63) is 63.6 Å². The normalized spacial score (nSPS) is 10.3. The average molecular weight is 309 g/mol. The molecule has 2 aromatic carbocycles. The van der Waals surface area contributed by atoms with E-state index >= 15 is 0 Å². The molecule has 0 aliphatic carbocycles. The fourth-order valence-corrected chi connectivity index (χ4v) is 2.20. The van der Waals surface area contributed by atoms with Gasteiger partial charge in [-0.2, -0.15) is 0 Å². The maximum atomic E-state index is 11.0. The number of nitrogens with one attached hydrogen (secondary N) is 1. The molecule has 1 amide bonds. The first-order chi connectivity index (χ1) is 9.56. The Labute approximate surface area is 127 Å². The Balaban J connectivity index is 2.10. The number of anilines is 1. The molecule has 0 unspecified atom stereocenters. The summed E-state index contributed by atoms with van der Waals surface area (Å²) in [5.74, 6) is -0.353. The van der Waals surface area contributed by atoms with E-state index in [-0.39, 0.29) is 12.3 Å². The van der Waals surface area contributed by atoms with Crippen molar-refractivity contribution in [2.24, 2.45) is 5.73 Å². The van der Waals surface area contributed by atoms with Gasteiger partial charge in [0.1, 0.15) is 0 Å². The van der Waals surface area contributed by atoms with Crippen molar-refractivity contribution in [3.63, 3.8) is 0 Å².